The van der Waals surface area contributed by atoms with Crippen molar-refractivity contribution >= 4 is 17.3 Å². The Morgan fingerprint density at radius 2 is 1.93 bits per heavy atom. The van der Waals surface area contributed by atoms with Crippen molar-refractivity contribution in [1.82, 2.24) is 5.32 Å². The molecular weight excluding hydrogens is 394 g/mol. The van der Waals surface area contributed by atoms with E-state index in [1.54, 1.807) is 24.3 Å². The van der Waals surface area contributed by atoms with Gasteiger partial charge in [-0.2, -0.15) is 0 Å². The summed E-state index contributed by atoms with van der Waals surface area (Å²) in [4.78, 5) is 25.4. The van der Waals surface area contributed by atoms with E-state index in [2.05, 4.69) is 5.32 Å². The Bertz CT molecular complexity index is 944. The first-order chi connectivity index (χ1) is 14.6. The number of nitro benzene ring substituents is 1. The number of nitrogens with one attached hydrogen (secondary N) is 1. The standard InChI is InChI=1S/C20H21N3O7/c24-20(21-5-8-28-15-2-4-18-19(12-15)30-13-29-18)16-11-14(23(25)26)1-3-17(16)22-6-9-27-10-7-22/h1-4,11-12H,5-10,13H2,(H,21,24). The lowest BCUT2D eigenvalue weighted by molar-refractivity contribution is -0.384. The van der Waals surface area contributed by atoms with Crippen LogP contribution in [0.2, 0.25) is 0 Å². The van der Waals surface area contributed by atoms with Crippen LogP contribution < -0.4 is 24.4 Å². The molecule has 0 saturated carbocycles. The van der Waals surface area contributed by atoms with Gasteiger partial charge in [-0.1, -0.05) is 0 Å². The van der Waals surface area contributed by atoms with Gasteiger partial charge in [-0.05, 0) is 18.2 Å². The summed E-state index contributed by atoms with van der Waals surface area (Å²) in [6, 6.07) is 9.56. The molecule has 1 saturated heterocycles. The maximum Gasteiger partial charge on any atom is 0.270 e. The van der Waals surface area contributed by atoms with Gasteiger partial charge < -0.3 is 29.2 Å². The summed E-state index contributed by atoms with van der Waals surface area (Å²) in [5.41, 5.74) is 0.779. The molecule has 2 aliphatic rings. The van der Waals surface area contributed by atoms with Crippen molar-refractivity contribution in [2.75, 3.05) is 51.1 Å². The van der Waals surface area contributed by atoms with Crippen LogP contribution in [0.5, 0.6) is 17.2 Å². The van der Waals surface area contributed by atoms with Crippen molar-refractivity contribution in [2.24, 2.45) is 0 Å². The molecule has 0 aliphatic carbocycles. The highest BCUT2D eigenvalue weighted by atomic mass is 16.7. The number of anilines is 1. The molecule has 2 aliphatic heterocycles. The average molecular weight is 415 g/mol. The lowest BCUT2D eigenvalue weighted by Crippen LogP contribution is -2.38. The molecule has 158 valence electrons. The van der Waals surface area contributed by atoms with Crippen LogP contribution in [0, 0.1) is 10.1 Å². The maximum absolute atomic E-state index is 12.8. The highest BCUT2D eigenvalue weighted by molar-refractivity contribution is 6.00. The van der Waals surface area contributed by atoms with Crippen molar-refractivity contribution in [2.45, 2.75) is 0 Å². The van der Waals surface area contributed by atoms with Gasteiger partial charge in [-0.15, -0.1) is 0 Å². The molecule has 0 radical (unpaired) electrons. The molecule has 2 heterocycles. The van der Waals surface area contributed by atoms with Crippen LogP contribution in [0.1, 0.15) is 10.4 Å². The fourth-order valence-corrected chi connectivity index (χ4v) is 3.29. The van der Waals surface area contributed by atoms with Gasteiger partial charge in [0.1, 0.15) is 12.4 Å². The minimum atomic E-state index is -0.511. The van der Waals surface area contributed by atoms with Crippen LogP contribution in [0.4, 0.5) is 11.4 Å². The first-order valence-electron chi connectivity index (χ1n) is 9.53. The first kappa shape index (κ1) is 19.8. The molecule has 0 aromatic heterocycles. The van der Waals surface area contributed by atoms with Crippen LogP contribution in [-0.4, -0.2) is 57.1 Å². The highest BCUT2D eigenvalue weighted by Crippen LogP contribution is 2.35. The number of rotatable bonds is 7. The molecule has 10 nitrogen and oxygen atoms in total. The van der Waals surface area contributed by atoms with Crippen molar-refractivity contribution in [3.63, 3.8) is 0 Å². The number of benzene rings is 2. The fraction of sp³-hybridized carbons (Fsp3) is 0.350. The van der Waals surface area contributed by atoms with Gasteiger partial charge in [0.05, 0.1) is 35.9 Å². The van der Waals surface area contributed by atoms with Crippen molar-refractivity contribution in [3.05, 3.63) is 52.1 Å². The van der Waals surface area contributed by atoms with Crippen LogP contribution in [0.15, 0.2) is 36.4 Å². The summed E-state index contributed by atoms with van der Waals surface area (Å²) in [6.07, 6.45) is 0. The molecule has 0 unspecified atom stereocenters. The summed E-state index contributed by atoms with van der Waals surface area (Å²) >= 11 is 0. The second kappa shape index (κ2) is 8.87. The summed E-state index contributed by atoms with van der Waals surface area (Å²) < 4.78 is 21.5. The summed E-state index contributed by atoms with van der Waals surface area (Å²) in [5.74, 6) is 1.48. The Kier molecular flexibility index (Phi) is 5.84. The molecule has 1 fully saturated rings. The number of carbonyl (C=O) groups is 1. The molecule has 0 spiro atoms. The van der Waals surface area contributed by atoms with Gasteiger partial charge >= 0.3 is 0 Å². The summed E-state index contributed by atoms with van der Waals surface area (Å²) in [6.45, 7) is 2.97. The number of hydrogen-bond acceptors (Lipinski definition) is 8. The SMILES string of the molecule is O=C(NCCOc1ccc2c(c1)OCO2)c1cc([N+](=O)[O-])ccc1N1CCOCC1. The number of carbonyl (C=O) groups excluding carboxylic acids is 1. The lowest BCUT2D eigenvalue weighted by Gasteiger charge is -2.30. The fourth-order valence-electron chi connectivity index (χ4n) is 3.29. The molecular formula is C20H21N3O7. The molecule has 0 atom stereocenters. The van der Waals surface area contributed by atoms with E-state index in [4.69, 9.17) is 18.9 Å². The Balaban J connectivity index is 1.39. The Hall–Kier alpha value is -3.53. The maximum atomic E-state index is 12.8. The van der Waals surface area contributed by atoms with Crippen molar-refractivity contribution in [3.8, 4) is 17.2 Å². The monoisotopic (exact) mass is 415 g/mol. The third-order valence-electron chi connectivity index (χ3n) is 4.79. The van der Waals surface area contributed by atoms with Crippen LogP contribution >= 0.6 is 0 Å². The first-order valence-corrected chi connectivity index (χ1v) is 9.53. The molecule has 30 heavy (non-hydrogen) atoms. The van der Waals surface area contributed by atoms with Crippen molar-refractivity contribution in [1.29, 1.82) is 0 Å². The normalized spacial score (nSPS) is 15.0. The minimum Gasteiger partial charge on any atom is -0.492 e. The van der Waals surface area contributed by atoms with Gasteiger partial charge in [-0.3, -0.25) is 14.9 Å². The third kappa shape index (κ3) is 4.38. The molecule has 10 heteroatoms. The quantitative estimate of drug-likeness (QED) is 0.415. The van der Waals surface area contributed by atoms with Gasteiger partial charge in [-0.25, -0.2) is 0 Å². The van der Waals surface area contributed by atoms with E-state index in [9.17, 15) is 14.9 Å². The Morgan fingerprint density at radius 3 is 2.73 bits per heavy atom. The number of nitro groups is 1. The number of ether oxygens (including phenoxy) is 4. The zero-order valence-corrected chi connectivity index (χ0v) is 16.2. The van der Waals surface area contributed by atoms with E-state index in [-0.39, 0.29) is 31.2 Å². The lowest BCUT2D eigenvalue weighted by atomic mass is 10.1. The topological polar surface area (TPSA) is 112 Å². The molecule has 2 aromatic rings. The Morgan fingerprint density at radius 1 is 1.13 bits per heavy atom. The predicted octanol–water partition coefficient (Wildman–Crippen LogP) is 1.97. The number of nitrogens with zero attached hydrogens (tertiary/aromatic N) is 2. The zero-order valence-electron chi connectivity index (χ0n) is 16.2. The largest absolute Gasteiger partial charge is 0.492 e. The number of non-ortho nitro benzene ring substituents is 1. The van der Waals surface area contributed by atoms with Gasteiger partial charge in [0.15, 0.2) is 11.5 Å². The van der Waals surface area contributed by atoms with E-state index >= 15 is 0 Å². The highest BCUT2D eigenvalue weighted by Gasteiger charge is 2.22. The predicted molar refractivity (Wildman–Crippen MR) is 107 cm³/mol. The zero-order chi connectivity index (χ0) is 20.9. The smallest absolute Gasteiger partial charge is 0.270 e. The van der Waals surface area contributed by atoms with Crippen LogP contribution in [0.25, 0.3) is 0 Å². The molecule has 4 rings (SSSR count). The van der Waals surface area contributed by atoms with E-state index in [0.717, 1.165) is 0 Å². The Labute approximate surface area is 172 Å². The van der Waals surface area contributed by atoms with Crippen molar-refractivity contribution < 1.29 is 28.7 Å². The second-order valence-corrected chi connectivity index (χ2v) is 6.68. The van der Waals surface area contributed by atoms with Gasteiger partial charge in [0.25, 0.3) is 11.6 Å². The van der Waals surface area contributed by atoms with Crippen LogP contribution in [0.3, 0.4) is 0 Å². The summed E-state index contributed by atoms with van der Waals surface area (Å²) in [5, 5.41) is 13.9. The minimum absolute atomic E-state index is 0.131. The molecule has 0 bridgehead atoms. The molecule has 2 aromatic carbocycles. The van der Waals surface area contributed by atoms with E-state index < -0.39 is 10.8 Å². The van der Waals surface area contributed by atoms with E-state index in [0.29, 0.717) is 49.2 Å². The summed E-state index contributed by atoms with van der Waals surface area (Å²) in [7, 11) is 0. The van der Waals surface area contributed by atoms with Gasteiger partial charge in [0.2, 0.25) is 6.79 Å². The van der Waals surface area contributed by atoms with E-state index in [1.165, 1.54) is 12.1 Å². The molecule has 1 amide bonds. The number of hydrogen-bond donors (Lipinski definition) is 1. The molecule has 1 N–H and O–H groups in total. The number of amides is 1. The van der Waals surface area contributed by atoms with Crippen LogP contribution in [-0.2, 0) is 4.74 Å². The van der Waals surface area contributed by atoms with Gasteiger partial charge in [0, 0.05) is 31.3 Å². The average Bonchev–Trinajstić information content (AvgIpc) is 3.24. The second-order valence-electron chi connectivity index (χ2n) is 6.68. The number of fused-ring (bicyclic) bond motifs is 1. The number of morpholine rings is 1. The third-order valence-corrected chi connectivity index (χ3v) is 4.79. The van der Waals surface area contributed by atoms with E-state index in [1.807, 2.05) is 4.90 Å².